The Labute approximate surface area is 326 Å². The van der Waals surface area contributed by atoms with Gasteiger partial charge in [0, 0.05) is 16.7 Å². The Bertz CT molecular complexity index is 3010. The zero-order valence-electron chi connectivity index (χ0n) is 30.5. The van der Waals surface area contributed by atoms with E-state index < -0.39 is 0 Å². The minimum absolute atomic E-state index is 0.630. The molecule has 0 N–H and O–H groups in total. The number of hydrogen-bond acceptors (Lipinski definition) is 3. The molecule has 10 rings (SSSR count). The van der Waals surface area contributed by atoms with Crippen molar-refractivity contribution in [2.75, 3.05) is 0 Å². The van der Waals surface area contributed by atoms with Crippen molar-refractivity contribution in [1.82, 2.24) is 15.0 Å². The predicted molar refractivity (Wildman–Crippen MR) is 233 cm³/mol. The minimum atomic E-state index is 0.630. The van der Waals surface area contributed by atoms with E-state index in [9.17, 15) is 0 Å². The van der Waals surface area contributed by atoms with Crippen LogP contribution < -0.4 is 0 Å². The lowest BCUT2D eigenvalue weighted by molar-refractivity contribution is 1.07. The lowest BCUT2D eigenvalue weighted by Crippen LogP contribution is -2.00. The van der Waals surface area contributed by atoms with Gasteiger partial charge in [-0.25, -0.2) is 15.0 Å². The van der Waals surface area contributed by atoms with Crippen molar-refractivity contribution in [1.29, 1.82) is 0 Å². The molecule has 9 aromatic carbocycles. The lowest BCUT2D eigenvalue weighted by Gasteiger charge is -2.11. The molecule has 1 heterocycles. The highest BCUT2D eigenvalue weighted by Gasteiger charge is 2.15. The average Bonchev–Trinajstić information content (AvgIpc) is 3.29. The first-order valence-corrected chi connectivity index (χ1v) is 18.9. The Morgan fingerprint density at radius 1 is 0.179 bits per heavy atom. The van der Waals surface area contributed by atoms with Gasteiger partial charge in [-0.3, -0.25) is 0 Å². The van der Waals surface area contributed by atoms with Crippen LogP contribution in [0.25, 0.3) is 100 Å². The highest BCUT2D eigenvalue weighted by atomic mass is 15.0. The Morgan fingerprint density at radius 3 is 1.02 bits per heavy atom. The fourth-order valence-corrected chi connectivity index (χ4v) is 7.49. The summed E-state index contributed by atoms with van der Waals surface area (Å²) >= 11 is 0. The number of aromatic nitrogens is 3. The van der Waals surface area contributed by atoms with E-state index in [1.54, 1.807) is 0 Å². The van der Waals surface area contributed by atoms with E-state index in [1.807, 2.05) is 12.1 Å². The zero-order chi connectivity index (χ0) is 37.3. The van der Waals surface area contributed by atoms with Gasteiger partial charge >= 0.3 is 0 Å². The number of fused-ring (bicyclic) bond motifs is 2. The van der Waals surface area contributed by atoms with Gasteiger partial charge in [-0.1, -0.05) is 182 Å². The van der Waals surface area contributed by atoms with Crippen molar-refractivity contribution in [2.45, 2.75) is 0 Å². The summed E-state index contributed by atoms with van der Waals surface area (Å²) in [5, 5.41) is 4.90. The molecule has 56 heavy (non-hydrogen) atoms. The maximum absolute atomic E-state index is 5.12. The summed E-state index contributed by atoms with van der Waals surface area (Å²) in [7, 11) is 0. The Morgan fingerprint density at radius 2 is 0.482 bits per heavy atom. The summed E-state index contributed by atoms with van der Waals surface area (Å²) in [6.07, 6.45) is 0. The molecule has 262 valence electrons. The number of nitrogens with zero attached hydrogens (tertiary/aromatic N) is 3. The van der Waals surface area contributed by atoms with E-state index in [2.05, 4.69) is 200 Å². The van der Waals surface area contributed by atoms with Gasteiger partial charge in [0.05, 0.1) is 0 Å². The number of benzene rings is 9. The van der Waals surface area contributed by atoms with Crippen molar-refractivity contribution in [3.63, 3.8) is 0 Å². The summed E-state index contributed by atoms with van der Waals surface area (Å²) in [5.74, 6) is 1.89. The van der Waals surface area contributed by atoms with Gasteiger partial charge in [0.2, 0.25) is 0 Å². The molecule has 0 bridgehead atoms. The Balaban J connectivity index is 1.02. The van der Waals surface area contributed by atoms with E-state index in [0.29, 0.717) is 17.5 Å². The Kier molecular flexibility index (Phi) is 8.51. The summed E-state index contributed by atoms with van der Waals surface area (Å²) in [5.41, 5.74) is 12.0. The molecule has 0 amide bonds. The van der Waals surface area contributed by atoms with Crippen molar-refractivity contribution in [3.8, 4) is 78.7 Å². The molecule has 0 unspecified atom stereocenters. The van der Waals surface area contributed by atoms with Crippen LogP contribution in [-0.4, -0.2) is 15.0 Å². The van der Waals surface area contributed by atoms with Gasteiger partial charge < -0.3 is 0 Å². The van der Waals surface area contributed by atoms with E-state index in [4.69, 9.17) is 15.0 Å². The average molecular weight is 714 g/mol. The minimum Gasteiger partial charge on any atom is -0.208 e. The van der Waals surface area contributed by atoms with E-state index in [1.165, 1.54) is 38.2 Å². The molecule has 1 aromatic heterocycles. The molecule has 0 radical (unpaired) electrons. The number of rotatable bonds is 7. The summed E-state index contributed by atoms with van der Waals surface area (Å²) in [6.45, 7) is 0. The van der Waals surface area contributed by atoms with Crippen LogP contribution in [-0.2, 0) is 0 Å². The normalized spacial score (nSPS) is 11.2. The van der Waals surface area contributed by atoms with Crippen molar-refractivity contribution in [2.24, 2.45) is 0 Å². The Hall–Kier alpha value is -7.49. The molecule has 0 fully saturated rings. The maximum Gasteiger partial charge on any atom is 0.164 e. The monoisotopic (exact) mass is 713 g/mol. The molecule has 3 nitrogen and oxygen atoms in total. The van der Waals surface area contributed by atoms with Gasteiger partial charge in [0.25, 0.3) is 0 Å². The van der Waals surface area contributed by atoms with Crippen LogP contribution in [0.3, 0.4) is 0 Å². The summed E-state index contributed by atoms with van der Waals surface area (Å²) < 4.78 is 0. The second-order valence-corrected chi connectivity index (χ2v) is 14.1. The molecule has 0 saturated carbocycles. The highest BCUT2D eigenvalue weighted by molar-refractivity contribution is 5.93. The van der Waals surface area contributed by atoms with Crippen LogP contribution in [0.1, 0.15) is 0 Å². The predicted octanol–water partition coefficient (Wildman–Crippen LogP) is 13.8. The molecule has 0 aliphatic heterocycles. The standard InChI is InChI=1S/C53H35N3/c1-3-11-36(12-4-1)39-21-24-40(25-22-39)51-54-52(49-19-9-17-42(34-49)37-13-5-2-6-14-37)56-53(55-51)50-20-10-18-43(35-50)44-27-28-48-33-47(30-29-46(48)32-44)45-26-23-38-15-7-8-16-41(38)31-45/h1-35H. The van der Waals surface area contributed by atoms with Gasteiger partial charge in [-0.2, -0.15) is 0 Å². The first-order valence-electron chi connectivity index (χ1n) is 18.9. The van der Waals surface area contributed by atoms with Crippen molar-refractivity contribution >= 4 is 21.5 Å². The first kappa shape index (κ1) is 33.1. The third kappa shape index (κ3) is 6.63. The van der Waals surface area contributed by atoms with E-state index in [-0.39, 0.29) is 0 Å². The smallest absolute Gasteiger partial charge is 0.164 e. The summed E-state index contributed by atoms with van der Waals surface area (Å²) in [4.78, 5) is 15.3. The molecule has 0 atom stereocenters. The van der Waals surface area contributed by atoms with Crippen LogP contribution in [0.5, 0.6) is 0 Å². The largest absolute Gasteiger partial charge is 0.208 e. The van der Waals surface area contributed by atoms with Crippen LogP contribution in [0, 0.1) is 0 Å². The fourth-order valence-electron chi connectivity index (χ4n) is 7.49. The summed E-state index contributed by atoms with van der Waals surface area (Å²) in [6, 6.07) is 74.9. The van der Waals surface area contributed by atoms with Gasteiger partial charge in [-0.05, 0) is 96.4 Å². The molecule has 0 spiro atoms. The topological polar surface area (TPSA) is 38.7 Å². The highest BCUT2D eigenvalue weighted by Crippen LogP contribution is 2.33. The first-order chi connectivity index (χ1) is 27.7. The van der Waals surface area contributed by atoms with Crippen LogP contribution >= 0.6 is 0 Å². The second-order valence-electron chi connectivity index (χ2n) is 14.1. The molecule has 0 saturated heterocycles. The molecule has 10 aromatic rings. The van der Waals surface area contributed by atoms with Crippen LogP contribution in [0.4, 0.5) is 0 Å². The molecule has 0 aliphatic rings. The van der Waals surface area contributed by atoms with Gasteiger partial charge in [0.1, 0.15) is 0 Å². The third-order valence-electron chi connectivity index (χ3n) is 10.5. The number of hydrogen-bond donors (Lipinski definition) is 0. The van der Waals surface area contributed by atoms with Gasteiger partial charge in [-0.15, -0.1) is 0 Å². The molecule has 0 aliphatic carbocycles. The molecular weight excluding hydrogens is 679 g/mol. The third-order valence-corrected chi connectivity index (χ3v) is 10.5. The van der Waals surface area contributed by atoms with E-state index in [0.717, 1.165) is 44.5 Å². The lowest BCUT2D eigenvalue weighted by atomic mass is 9.96. The molecular formula is C53H35N3. The zero-order valence-corrected chi connectivity index (χ0v) is 30.5. The fraction of sp³-hybridized carbons (Fsp3) is 0. The van der Waals surface area contributed by atoms with Crippen LogP contribution in [0.15, 0.2) is 212 Å². The maximum atomic E-state index is 5.12. The van der Waals surface area contributed by atoms with Gasteiger partial charge in [0.15, 0.2) is 17.5 Å². The second kappa shape index (κ2) is 14.4. The van der Waals surface area contributed by atoms with Crippen molar-refractivity contribution in [3.05, 3.63) is 212 Å². The van der Waals surface area contributed by atoms with Crippen LogP contribution in [0.2, 0.25) is 0 Å². The van der Waals surface area contributed by atoms with E-state index >= 15 is 0 Å². The van der Waals surface area contributed by atoms with Crippen molar-refractivity contribution < 1.29 is 0 Å². The molecule has 3 heteroatoms. The SMILES string of the molecule is c1ccc(-c2ccc(-c3nc(-c4cccc(-c5ccccc5)c4)nc(-c4cccc(-c5ccc6cc(-c7ccc8ccccc8c7)ccc6c5)c4)n3)cc2)cc1. The quantitative estimate of drug-likeness (QED) is 0.165.